The molecule has 2 aliphatic heterocycles. The summed E-state index contributed by atoms with van der Waals surface area (Å²) in [5, 5.41) is 11.7. The summed E-state index contributed by atoms with van der Waals surface area (Å²) < 4.78 is 16.8. The molecule has 5 rings (SSSR count). The molecule has 1 amide bonds. The number of Topliss-reactive ketones (excluding diaryl/α,β-unsaturated/α-hetero) is 1. The molecule has 0 bridgehead atoms. The molecule has 9 nitrogen and oxygen atoms in total. The first kappa shape index (κ1) is 28.1. The summed E-state index contributed by atoms with van der Waals surface area (Å²) in [7, 11) is 0. The molecule has 3 heterocycles. The molecular weight excluding hydrogens is 544 g/mol. The second-order valence-corrected chi connectivity index (χ2v) is 10.8. The minimum absolute atomic E-state index is 0.000606. The number of hydrogen-bond donors (Lipinski definition) is 1. The van der Waals surface area contributed by atoms with Gasteiger partial charge in [0.15, 0.2) is 5.13 Å². The van der Waals surface area contributed by atoms with Crippen molar-refractivity contribution >= 4 is 39.9 Å². The van der Waals surface area contributed by atoms with E-state index in [1.165, 1.54) is 11.0 Å². The summed E-state index contributed by atoms with van der Waals surface area (Å²) in [5.74, 6) is -1.36. The van der Waals surface area contributed by atoms with Crippen LogP contribution in [0.15, 0.2) is 60.7 Å². The Hall–Kier alpha value is -4.44. The maximum atomic E-state index is 13.6. The van der Waals surface area contributed by atoms with Gasteiger partial charge in [0.05, 0.1) is 23.9 Å². The first-order chi connectivity index (χ1) is 19.7. The van der Waals surface area contributed by atoms with Gasteiger partial charge < -0.3 is 19.3 Å². The third-order valence-electron chi connectivity index (χ3n) is 6.77. The first-order valence-corrected chi connectivity index (χ1v) is 14.1. The maximum Gasteiger partial charge on any atom is 0.350 e. The van der Waals surface area contributed by atoms with Crippen LogP contribution in [0.5, 0.6) is 11.5 Å². The molecule has 212 valence electrons. The van der Waals surface area contributed by atoms with E-state index < -0.39 is 23.7 Å². The standard InChI is InChI=1S/C31H30N2O7S/c1-5-12-38-22-9-7-8-19(16-22)25-24(26(34)20-10-11-23-21(15-20)14-17(3)40-23)27(35)29(36)33(25)31-32-18(4)28(41-31)30(37)39-13-6-2/h6-11,15-17,25,34H,2,5,12-14H2,1,3-4H3/b26-24+/t17-,25+/m0/s1. The third-order valence-corrected chi connectivity index (χ3v) is 7.91. The number of carbonyl (C=O) groups excluding carboxylic acids is 3. The Kier molecular flexibility index (Phi) is 7.94. The number of benzene rings is 2. The summed E-state index contributed by atoms with van der Waals surface area (Å²) in [6.45, 7) is 9.63. The number of ketones is 1. The molecule has 2 aromatic carbocycles. The van der Waals surface area contributed by atoms with E-state index in [9.17, 15) is 19.5 Å². The molecule has 0 unspecified atom stereocenters. The molecule has 41 heavy (non-hydrogen) atoms. The normalized spacial score (nSPS) is 19.1. The molecule has 1 fully saturated rings. The van der Waals surface area contributed by atoms with Gasteiger partial charge in [-0.2, -0.15) is 0 Å². The number of rotatable bonds is 9. The highest BCUT2D eigenvalue weighted by Gasteiger charge is 2.48. The summed E-state index contributed by atoms with van der Waals surface area (Å²) in [6, 6.07) is 11.2. The molecule has 1 N–H and O–H groups in total. The van der Waals surface area contributed by atoms with Gasteiger partial charge in [0.2, 0.25) is 0 Å². The lowest BCUT2D eigenvalue weighted by molar-refractivity contribution is -0.132. The highest BCUT2D eigenvalue weighted by Crippen LogP contribution is 2.45. The van der Waals surface area contributed by atoms with Crippen molar-refractivity contribution in [2.45, 2.75) is 45.8 Å². The van der Waals surface area contributed by atoms with Crippen LogP contribution >= 0.6 is 11.3 Å². The number of fused-ring (bicyclic) bond motifs is 1. The minimum Gasteiger partial charge on any atom is -0.507 e. The molecule has 1 aromatic heterocycles. The largest absolute Gasteiger partial charge is 0.507 e. The highest BCUT2D eigenvalue weighted by molar-refractivity contribution is 7.17. The van der Waals surface area contributed by atoms with Crippen molar-refractivity contribution in [1.29, 1.82) is 0 Å². The molecule has 0 spiro atoms. The second-order valence-electron chi connectivity index (χ2n) is 9.84. The van der Waals surface area contributed by atoms with Gasteiger partial charge in [-0.15, -0.1) is 0 Å². The van der Waals surface area contributed by atoms with Gasteiger partial charge in [-0.3, -0.25) is 14.5 Å². The molecule has 2 atom stereocenters. The Labute approximate surface area is 241 Å². The van der Waals surface area contributed by atoms with Gasteiger partial charge in [0, 0.05) is 12.0 Å². The predicted octanol–water partition coefficient (Wildman–Crippen LogP) is 5.53. The van der Waals surface area contributed by atoms with Crippen LogP contribution in [0.1, 0.15) is 58.4 Å². The van der Waals surface area contributed by atoms with Crippen molar-refractivity contribution in [2.24, 2.45) is 0 Å². The highest BCUT2D eigenvalue weighted by atomic mass is 32.1. The van der Waals surface area contributed by atoms with Crippen LogP contribution in [-0.4, -0.2) is 47.1 Å². The molecule has 3 aromatic rings. The lowest BCUT2D eigenvalue weighted by Gasteiger charge is -2.23. The third kappa shape index (κ3) is 5.35. The topological polar surface area (TPSA) is 115 Å². The number of thiazole rings is 1. The van der Waals surface area contributed by atoms with Crippen LogP contribution in [0.25, 0.3) is 5.76 Å². The molecule has 0 aliphatic carbocycles. The van der Waals surface area contributed by atoms with Crippen LogP contribution in [0.4, 0.5) is 5.13 Å². The summed E-state index contributed by atoms with van der Waals surface area (Å²) in [5.41, 5.74) is 2.11. The van der Waals surface area contributed by atoms with Crippen molar-refractivity contribution in [2.75, 3.05) is 18.1 Å². The van der Waals surface area contributed by atoms with Crippen LogP contribution < -0.4 is 14.4 Å². The lowest BCUT2D eigenvalue weighted by Crippen LogP contribution is -2.29. The number of aliphatic hydroxyl groups is 1. The molecule has 0 saturated carbocycles. The fourth-order valence-electron chi connectivity index (χ4n) is 4.94. The Balaban J connectivity index is 1.65. The minimum atomic E-state index is -1.02. The number of aliphatic hydroxyl groups excluding tert-OH is 1. The monoisotopic (exact) mass is 574 g/mol. The molecule has 2 aliphatic rings. The van der Waals surface area contributed by atoms with Crippen molar-refractivity contribution in [3.05, 3.63) is 88.0 Å². The van der Waals surface area contributed by atoms with E-state index in [1.54, 1.807) is 49.4 Å². The zero-order valence-corrected chi connectivity index (χ0v) is 23.8. The summed E-state index contributed by atoms with van der Waals surface area (Å²) >= 11 is 0.945. The Bertz CT molecular complexity index is 1570. The Morgan fingerprint density at radius 3 is 2.83 bits per heavy atom. The van der Waals surface area contributed by atoms with E-state index in [0.29, 0.717) is 35.6 Å². The van der Waals surface area contributed by atoms with Gasteiger partial charge in [0.1, 0.15) is 34.8 Å². The van der Waals surface area contributed by atoms with E-state index in [1.807, 2.05) is 13.8 Å². The smallest absolute Gasteiger partial charge is 0.350 e. The fraction of sp³-hybridized carbons (Fsp3) is 0.290. The van der Waals surface area contributed by atoms with Crippen molar-refractivity contribution in [1.82, 2.24) is 4.98 Å². The van der Waals surface area contributed by atoms with Crippen molar-refractivity contribution in [3.8, 4) is 11.5 Å². The molecular formula is C31H30N2O7S. The summed E-state index contributed by atoms with van der Waals surface area (Å²) in [4.78, 5) is 45.7. The van der Waals surface area contributed by atoms with Crippen LogP contribution in [-0.2, 0) is 20.7 Å². The van der Waals surface area contributed by atoms with Gasteiger partial charge in [-0.1, -0.05) is 43.0 Å². The van der Waals surface area contributed by atoms with Crippen LogP contribution in [0.2, 0.25) is 0 Å². The van der Waals surface area contributed by atoms with Crippen LogP contribution in [0, 0.1) is 6.92 Å². The number of hydrogen-bond acceptors (Lipinski definition) is 9. The Morgan fingerprint density at radius 2 is 2.07 bits per heavy atom. The number of carbonyl (C=O) groups is 3. The van der Waals surface area contributed by atoms with E-state index in [2.05, 4.69) is 11.6 Å². The van der Waals surface area contributed by atoms with E-state index in [-0.39, 0.29) is 34.1 Å². The molecule has 10 heteroatoms. The number of aryl methyl sites for hydroxylation is 1. The molecule has 1 saturated heterocycles. The number of ether oxygens (including phenoxy) is 3. The average Bonchev–Trinajstić information content (AvgIpc) is 3.61. The number of amides is 1. The van der Waals surface area contributed by atoms with E-state index >= 15 is 0 Å². The average molecular weight is 575 g/mol. The van der Waals surface area contributed by atoms with Gasteiger partial charge in [-0.05, 0) is 61.7 Å². The number of anilines is 1. The SMILES string of the molecule is C=CCOC(=O)c1sc(N2C(=O)C(=O)/C(=C(/O)c3ccc4c(c3)C[C@H](C)O4)[C@H]2c2cccc(OCCC)c2)nc1C. The predicted molar refractivity (Wildman–Crippen MR) is 155 cm³/mol. The summed E-state index contributed by atoms with van der Waals surface area (Å²) in [6.07, 6.45) is 2.91. The first-order valence-electron chi connectivity index (χ1n) is 13.3. The number of esters is 1. The maximum absolute atomic E-state index is 13.6. The van der Waals surface area contributed by atoms with Gasteiger partial charge in [-0.25, -0.2) is 9.78 Å². The van der Waals surface area contributed by atoms with Crippen LogP contribution in [0.3, 0.4) is 0 Å². The van der Waals surface area contributed by atoms with E-state index in [4.69, 9.17) is 14.2 Å². The fourth-order valence-corrected chi connectivity index (χ4v) is 5.93. The Morgan fingerprint density at radius 1 is 1.27 bits per heavy atom. The number of aromatic nitrogens is 1. The zero-order chi connectivity index (χ0) is 29.3. The van der Waals surface area contributed by atoms with E-state index in [0.717, 1.165) is 29.1 Å². The van der Waals surface area contributed by atoms with Gasteiger partial charge in [0.25, 0.3) is 5.78 Å². The van der Waals surface area contributed by atoms with Gasteiger partial charge >= 0.3 is 11.9 Å². The van der Waals surface area contributed by atoms with Crippen molar-refractivity contribution in [3.63, 3.8) is 0 Å². The second kappa shape index (κ2) is 11.6. The quantitative estimate of drug-likeness (QED) is 0.117. The molecule has 0 radical (unpaired) electrons. The number of nitrogens with zero attached hydrogens (tertiary/aromatic N) is 2. The zero-order valence-electron chi connectivity index (χ0n) is 23.0. The lowest BCUT2D eigenvalue weighted by atomic mass is 9.94. The van der Waals surface area contributed by atoms with Crippen molar-refractivity contribution < 1.29 is 33.7 Å².